The summed E-state index contributed by atoms with van der Waals surface area (Å²) in [4.78, 5) is 10.3. The minimum Gasteiger partial charge on any atom is -0.309 e. The molecule has 7 aromatic carbocycles. The van der Waals surface area contributed by atoms with E-state index in [9.17, 15) is 0 Å². The quantitative estimate of drug-likeness (QED) is 0.182. The topological polar surface area (TPSA) is 30.7 Å². The first kappa shape index (κ1) is 31.9. The molecule has 0 atom stereocenters. The highest BCUT2D eigenvalue weighted by molar-refractivity contribution is 6.22. The zero-order valence-corrected chi connectivity index (χ0v) is 31.4. The van der Waals surface area contributed by atoms with Crippen molar-refractivity contribution in [2.24, 2.45) is 0 Å². The van der Waals surface area contributed by atoms with Crippen LogP contribution in [-0.2, 0) is 10.8 Å². The van der Waals surface area contributed by atoms with Gasteiger partial charge in [0.15, 0.2) is 5.82 Å². The van der Waals surface area contributed by atoms with Crippen LogP contribution in [0.5, 0.6) is 0 Å². The number of benzene rings is 7. The molecule has 0 N–H and O–H groups in total. The molecule has 3 heteroatoms. The Hall–Kier alpha value is -6.58. The first-order valence-electron chi connectivity index (χ1n) is 19.3. The average Bonchev–Trinajstić information content (AvgIpc) is 3.78. The van der Waals surface area contributed by atoms with Gasteiger partial charge in [-0.25, -0.2) is 9.97 Å². The molecule has 0 spiro atoms. The van der Waals surface area contributed by atoms with Gasteiger partial charge in [-0.2, -0.15) is 0 Å². The predicted octanol–water partition coefficient (Wildman–Crippen LogP) is 13.2. The fourth-order valence-electron chi connectivity index (χ4n) is 9.87. The molecule has 2 aromatic heterocycles. The second-order valence-corrected chi connectivity index (χ2v) is 16.2. The van der Waals surface area contributed by atoms with Gasteiger partial charge >= 0.3 is 0 Å². The lowest BCUT2D eigenvalue weighted by Crippen LogP contribution is -2.19. The zero-order valence-electron chi connectivity index (χ0n) is 31.4. The Kier molecular flexibility index (Phi) is 6.65. The first-order chi connectivity index (χ1) is 26.8. The van der Waals surface area contributed by atoms with Crippen molar-refractivity contribution >= 4 is 21.8 Å². The number of hydrogen-bond donors (Lipinski definition) is 0. The van der Waals surface area contributed by atoms with Gasteiger partial charge < -0.3 is 4.57 Å². The van der Waals surface area contributed by atoms with Crippen molar-refractivity contribution in [2.45, 2.75) is 38.5 Å². The second kappa shape index (κ2) is 11.5. The summed E-state index contributed by atoms with van der Waals surface area (Å²) in [6.07, 6.45) is 0. The Bertz CT molecular complexity index is 2950. The molecular formula is C52H39N3. The smallest absolute Gasteiger partial charge is 0.160 e. The molecule has 0 saturated carbocycles. The standard InChI is InChI=1S/C52H39N3/c1-51(2)39-24-14-11-21-36(39)44-45-38-23-13-16-26-43(38)55(49(45)48-46(47(44)51)37-22-12-15-25-40(37)52(48,3)4)35-29-27-34(28-30-35)50-53-41(32-17-7-5-8-18-32)31-42(54-50)33-19-9-6-10-20-33/h5-31H,1-4H3. The van der Waals surface area contributed by atoms with Crippen molar-refractivity contribution in [1.29, 1.82) is 0 Å². The minimum atomic E-state index is -0.213. The van der Waals surface area contributed by atoms with Crippen LogP contribution in [0.3, 0.4) is 0 Å². The van der Waals surface area contributed by atoms with Crippen LogP contribution < -0.4 is 0 Å². The summed E-state index contributed by atoms with van der Waals surface area (Å²) in [5.74, 6) is 0.711. The summed E-state index contributed by atoms with van der Waals surface area (Å²) < 4.78 is 2.53. The first-order valence-corrected chi connectivity index (χ1v) is 19.3. The Morgan fingerprint density at radius 2 is 0.964 bits per heavy atom. The van der Waals surface area contributed by atoms with Gasteiger partial charge in [0, 0.05) is 44.0 Å². The highest BCUT2D eigenvalue weighted by Crippen LogP contribution is 2.63. The number of fused-ring (bicyclic) bond motifs is 12. The van der Waals surface area contributed by atoms with Gasteiger partial charge in [-0.15, -0.1) is 0 Å². The van der Waals surface area contributed by atoms with Crippen molar-refractivity contribution in [3.05, 3.63) is 186 Å². The predicted molar refractivity (Wildman–Crippen MR) is 228 cm³/mol. The monoisotopic (exact) mass is 705 g/mol. The van der Waals surface area contributed by atoms with Crippen LogP contribution in [0.1, 0.15) is 49.9 Å². The van der Waals surface area contributed by atoms with Crippen LogP contribution in [0.25, 0.3) is 83.6 Å². The summed E-state index contributed by atoms with van der Waals surface area (Å²) in [6.45, 7) is 9.69. The number of aromatic nitrogens is 3. The Balaban J connectivity index is 1.19. The van der Waals surface area contributed by atoms with E-state index in [2.05, 4.69) is 184 Å². The van der Waals surface area contributed by atoms with Gasteiger partial charge in [0.05, 0.1) is 22.4 Å². The molecule has 11 rings (SSSR count). The number of rotatable bonds is 4. The summed E-state index contributed by atoms with van der Waals surface area (Å²) in [7, 11) is 0. The molecule has 0 saturated heterocycles. The van der Waals surface area contributed by atoms with Gasteiger partial charge in [-0.3, -0.25) is 0 Å². The molecule has 0 amide bonds. The molecule has 9 aromatic rings. The highest BCUT2D eigenvalue weighted by Gasteiger charge is 2.47. The summed E-state index contributed by atoms with van der Waals surface area (Å²) >= 11 is 0. The molecule has 0 radical (unpaired) electrons. The maximum atomic E-state index is 5.14. The molecular weight excluding hydrogens is 667 g/mol. The van der Waals surface area contributed by atoms with Gasteiger partial charge in [-0.05, 0) is 80.9 Å². The number of hydrogen-bond acceptors (Lipinski definition) is 2. The van der Waals surface area contributed by atoms with Crippen LogP contribution in [0, 0.1) is 0 Å². The normalized spacial score (nSPS) is 14.5. The van der Waals surface area contributed by atoms with Gasteiger partial charge in [0.25, 0.3) is 0 Å². The third kappa shape index (κ3) is 4.44. The molecule has 0 unspecified atom stereocenters. The Morgan fingerprint density at radius 3 is 1.58 bits per heavy atom. The SMILES string of the molecule is CC1(C)c2ccccc2-c2c1c1c(c3c2c2ccccc2n3-c2ccc(-c3nc(-c4ccccc4)cc(-c4ccccc4)n3)cc2)C(C)(C)c2ccccc2-1. The van der Waals surface area contributed by atoms with E-state index < -0.39 is 0 Å². The van der Waals surface area contributed by atoms with E-state index in [1.165, 1.54) is 66.3 Å². The molecule has 0 fully saturated rings. The molecule has 3 nitrogen and oxygen atoms in total. The molecule has 262 valence electrons. The Morgan fingerprint density at radius 1 is 0.455 bits per heavy atom. The van der Waals surface area contributed by atoms with E-state index in [-0.39, 0.29) is 10.8 Å². The molecule has 0 aliphatic heterocycles. The van der Waals surface area contributed by atoms with Crippen LogP contribution in [0.2, 0.25) is 0 Å². The van der Waals surface area contributed by atoms with Crippen LogP contribution in [0.4, 0.5) is 0 Å². The van der Waals surface area contributed by atoms with Gasteiger partial charge in [0.2, 0.25) is 0 Å². The number of nitrogens with zero attached hydrogens (tertiary/aromatic N) is 3. The van der Waals surface area contributed by atoms with Gasteiger partial charge in [0.1, 0.15) is 0 Å². The molecule has 2 aliphatic carbocycles. The fraction of sp³-hybridized carbons (Fsp3) is 0.115. The molecule has 2 aliphatic rings. The van der Waals surface area contributed by atoms with Crippen molar-refractivity contribution in [1.82, 2.24) is 14.5 Å². The van der Waals surface area contributed by atoms with E-state index >= 15 is 0 Å². The van der Waals surface area contributed by atoms with Gasteiger partial charge in [-0.1, -0.05) is 155 Å². The van der Waals surface area contributed by atoms with E-state index in [1.54, 1.807) is 0 Å². The lowest BCUT2D eigenvalue weighted by Gasteiger charge is -2.28. The summed E-state index contributed by atoms with van der Waals surface area (Å²) in [6, 6.07) is 59.0. The van der Waals surface area contributed by atoms with Crippen LogP contribution in [-0.4, -0.2) is 14.5 Å². The van der Waals surface area contributed by atoms with E-state index in [0.717, 1.165) is 33.8 Å². The van der Waals surface area contributed by atoms with Crippen molar-refractivity contribution in [3.8, 4) is 61.8 Å². The minimum absolute atomic E-state index is 0.157. The number of para-hydroxylation sites is 1. The Labute approximate surface area is 321 Å². The maximum absolute atomic E-state index is 5.14. The third-order valence-corrected chi connectivity index (χ3v) is 12.3. The summed E-state index contributed by atoms with van der Waals surface area (Å²) in [5.41, 5.74) is 19.4. The molecule has 55 heavy (non-hydrogen) atoms. The lowest BCUT2D eigenvalue weighted by atomic mass is 9.76. The van der Waals surface area contributed by atoms with E-state index in [4.69, 9.17) is 9.97 Å². The molecule has 2 heterocycles. The van der Waals surface area contributed by atoms with Crippen LogP contribution in [0.15, 0.2) is 164 Å². The average molecular weight is 706 g/mol. The largest absolute Gasteiger partial charge is 0.309 e. The summed E-state index contributed by atoms with van der Waals surface area (Å²) in [5, 5.41) is 2.63. The lowest BCUT2D eigenvalue weighted by molar-refractivity contribution is 0.650. The van der Waals surface area contributed by atoms with Crippen LogP contribution >= 0.6 is 0 Å². The zero-order chi connectivity index (χ0) is 37.1. The second-order valence-electron chi connectivity index (χ2n) is 16.2. The molecule has 0 bridgehead atoms. The fourth-order valence-corrected chi connectivity index (χ4v) is 9.87. The van der Waals surface area contributed by atoms with Crippen molar-refractivity contribution < 1.29 is 0 Å². The maximum Gasteiger partial charge on any atom is 0.160 e. The highest BCUT2D eigenvalue weighted by atomic mass is 15.0. The van der Waals surface area contributed by atoms with E-state index in [0.29, 0.717) is 5.82 Å². The van der Waals surface area contributed by atoms with Crippen molar-refractivity contribution in [2.75, 3.05) is 0 Å². The third-order valence-electron chi connectivity index (χ3n) is 12.3. The van der Waals surface area contributed by atoms with Crippen molar-refractivity contribution in [3.63, 3.8) is 0 Å². The van der Waals surface area contributed by atoms with E-state index in [1.807, 2.05) is 12.1 Å².